The molecule has 1 aromatic heterocycles. The number of ether oxygens (including phenoxy) is 2. The van der Waals surface area contributed by atoms with Gasteiger partial charge in [0.25, 0.3) is 0 Å². The van der Waals surface area contributed by atoms with Gasteiger partial charge in [-0.3, -0.25) is 4.99 Å². The number of methoxy groups -OCH3 is 1. The fraction of sp³-hybridized carbons (Fsp3) is 0.429. The maximum atomic E-state index is 14.2. The Labute approximate surface area is 165 Å². The van der Waals surface area contributed by atoms with Crippen molar-refractivity contribution >= 4 is 5.96 Å². The zero-order valence-corrected chi connectivity index (χ0v) is 16.4. The van der Waals surface area contributed by atoms with Crippen LogP contribution in [-0.2, 0) is 16.7 Å². The molecule has 28 heavy (non-hydrogen) atoms. The quantitative estimate of drug-likeness (QED) is 0.394. The molecule has 1 aliphatic carbocycles. The highest BCUT2D eigenvalue weighted by Crippen LogP contribution is 2.48. The summed E-state index contributed by atoms with van der Waals surface area (Å²) in [5.74, 6) is 1.10. The van der Waals surface area contributed by atoms with E-state index >= 15 is 0 Å². The van der Waals surface area contributed by atoms with Gasteiger partial charge in [-0.25, -0.2) is 9.37 Å². The molecule has 1 saturated carbocycles. The molecular formula is C21H27FN4O2. The van der Waals surface area contributed by atoms with Crippen LogP contribution < -0.4 is 15.4 Å². The zero-order chi connectivity index (χ0) is 19.8. The molecule has 1 fully saturated rings. The van der Waals surface area contributed by atoms with Crippen molar-refractivity contribution in [3.63, 3.8) is 0 Å². The summed E-state index contributed by atoms with van der Waals surface area (Å²) in [5.41, 5.74) is 1.56. The third-order valence-electron chi connectivity index (χ3n) is 4.94. The number of rotatable bonds is 9. The van der Waals surface area contributed by atoms with Crippen LogP contribution >= 0.6 is 0 Å². The number of pyridine rings is 1. The predicted octanol–water partition coefficient (Wildman–Crippen LogP) is 2.64. The van der Waals surface area contributed by atoms with Crippen LogP contribution in [0, 0.1) is 5.82 Å². The first-order valence-corrected chi connectivity index (χ1v) is 9.44. The summed E-state index contributed by atoms with van der Waals surface area (Å²) in [7, 11) is 3.35. The maximum absolute atomic E-state index is 14.2. The number of guanidine groups is 1. The van der Waals surface area contributed by atoms with Gasteiger partial charge in [0.2, 0.25) is 5.88 Å². The Hall–Kier alpha value is -2.67. The molecule has 7 heteroatoms. The fourth-order valence-electron chi connectivity index (χ4n) is 3.15. The van der Waals surface area contributed by atoms with Gasteiger partial charge in [0.05, 0.1) is 6.61 Å². The molecule has 0 bridgehead atoms. The second-order valence-corrected chi connectivity index (χ2v) is 6.85. The Morgan fingerprint density at radius 1 is 1.18 bits per heavy atom. The molecular weight excluding hydrogens is 359 g/mol. The summed E-state index contributed by atoms with van der Waals surface area (Å²) in [4.78, 5) is 8.55. The smallest absolute Gasteiger partial charge is 0.218 e. The van der Waals surface area contributed by atoms with E-state index < -0.39 is 0 Å². The average Bonchev–Trinajstić information content (AvgIpc) is 3.50. The number of halogens is 1. The Morgan fingerprint density at radius 3 is 2.71 bits per heavy atom. The molecule has 0 saturated heterocycles. The van der Waals surface area contributed by atoms with Crippen molar-refractivity contribution in [1.29, 1.82) is 0 Å². The number of hydrogen-bond donors (Lipinski definition) is 2. The summed E-state index contributed by atoms with van der Waals surface area (Å²) >= 11 is 0. The molecule has 0 unspecified atom stereocenters. The lowest BCUT2D eigenvalue weighted by Gasteiger charge is -2.20. The lowest BCUT2D eigenvalue weighted by molar-refractivity contribution is 0.143. The van der Waals surface area contributed by atoms with Crippen molar-refractivity contribution in [2.75, 3.05) is 33.9 Å². The summed E-state index contributed by atoms with van der Waals surface area (Å²) in [6.07, 6.45) is 3.64. The van der Waals surface area contributed by atoms with Gasteiger partial charge in [0, 0.05) is 44.4 Å². The molecule has 1 aliphatic rings. The highest BCUT2D eigenvalue weighted by atomic mass is 19.1. The molecule has 1 heterocycles. The lowest BCUT2D eigenvalue weighted by atomic mass is 9.95. The van der Waals surface area contributed by atoms with E-state index in [1.165, 1.54) is 6.07 Å². The second-order valence-electron chi connectivity index (χ2n) is 6.85. The minimum absolute atomic E-state index is 0.141. The summed E-state index contributed by atoms with van der Waals surface area (Å²) in [6.45, 7) is 2.10. The topological polar surface area (TPSA) is 67.8 Å². The van der Waals surface area contributed by atoms with E-state index in [9.17, 15) is 4.39 Å². The summed E-state index contributed by atoms with van der Waals surface area (Å²) in [6, 6.07) is 10.8. The third kappa shape index (κ3) is 4.98. The number of nitrogens with one attached hydrogen (secondary N) is 2. The number of nitrogens with zero attached hydrogens (tertiary/aromatic N) is 2. The molecule has 0 aliphatic heterocycles. The third-order valence-corrected chi connectivity index (χ3v) is 4.94. The van der Waals surface area contributed by atoms with E-state index in [4.69, 9.17) is 9.47 Å². The van der Waals surface area contributed by atoms with Gasteiger partial charge in [0.1, 0.15) is 12.4 Å². The van der Waals surface area contributed by atoms with Crippen LogP contribution in [0.4, 0.5) is 4.39 Å². The SMILES string of the molecule is CN=C(NCc1cccnc1OCCOC)NCC1(c2ccccc2F)CC1. The average molecular weight is 386 g/mol. The van der Waals surface area contributed by atoms with Crippen LogP contribution in [0.3, 0.4) is 0 Å². The van der Waals surface area contributed by atoms with Gasteiger partial charge in [-0.1, -0.05) is 24.3 Å². The highest BCUT2D eigenvalue weighted by molar-refractivity contribution is 5.79. The van der Waals surface area contributed by atoms with Gasteiger partial charge < -0.3 is 20.1 Å². The Morgan fingerprint density at radius 2 is 2.00 bits per heavy atom. The van der Waals surface area contributed by atoms with E-state index in [0.29, 0.717) is 38.1 Å². The molecule has 6 nitrogen and oxygen atoms in total. The number of aliphatic imine (C=N–C) groups is 1. The minimum atomic E-state index is -0.147. The van der Waals surface area contributed by atoms with Crippen LogP contribution in [0.25, 0.3) is 0 Å². The van der Waals surface area contributed by atoms with Gasteiger partial charge >= 0.3 is 0 Å². The van der Waals surface area contributed by atoms with Gasteiger partial charge in [0.15, 0.2) is 5.96 Å². The van der Waals surface area contributed by atoms with Crippen molar-refractivity contribution < 1.29 is 13.9 Å². The summed E-state index contributed by atoms with van der Waals surface area (Å²) in [5, 5.41) is 6.61. The summed E-state index contributed by atoms with van der Waals surface area (Å²) < 4.78 is 24.8. The van der Waals surface area contributed by atoms with Crippen molar-refractivity contribution in [2.45, 2.75) is 24.8 Å². The monoisotopic (exact) mass is 386 g/mol. The lowest BCUT2D eigenvalue weighted by Crippen LogP contribution is -2.41. The Balaban J connectivity index is 1.56. The molecule has 1 aromatic carbocycles. The Kier molecular flexibility index (Phi) is 6.81. The highest BCUT2D eigenvalue weighted by Gasteiger charge is 2.45. The first-order valence-electron chi connectivity index (χ1n) is 9.44. The molecule has 0 atom stereocenters. The van der Waals surface area contributed by atoms with E-state index in [1.54, 1.807) is 26.4 Å². The van der Waals surface area contributed by atoms with Gasteiger partial charge in [-0.2, -0.15) is 0 Å². The fourth-order valence-corrected chi connectivity index (χ4v) is 3.15. The second kappa shape index (κ2) is 9.50. The van der Waals surface area contributed by atoms with Crippen molar-refractivity contribution in [3.8, 4) is 5.88 Å². The molecule has 0 radical (unpaired) electrons. The van der Waals surface area contributed by atoms with Crippen molar-refractivity contribution in [1.82, 2.24) is 15.6 Å². The van der Waals surface area contributed by atoms with Gasteiger partial charge in [-0.15, -0.1) is 0 Å². The van der Waals surface area contributed by atoms with Crippen LogP contribution in [0.15, 0.2) is 47.6 Å². The van der Waals surface area contributed by atoms with Crippen LogP contribution in [-0.4, -0.2) is 44.9 Å². The molecule has 2 aromatic rings. The first kappa shape index (κ1) is 20.1. The number of aromatic nitrogens is 1. The number of benzene rings is 1. The van der Waals surface area contributed by atoms with Crippen LogP contribution in [0.5, 0.6) is 5.88 Å². The number of hydrogen-bond acceptors (Lipinski definition) is 4. The minimum Gasteiger partial charge on any atom is -0.475 e. The van der Waals surface area contributed by atoms with E-state index in [2.05, 4.69) is 20.6 Å². The van der Waals surface area contributed by atoms with E-state index in [0.717, 1.165) is 24.0 Å². The Bertz CT molecular complexity index is 808. The van der Waals surface area contributed by atoms with E-state index in [1.807, 2.05) is 24.3 Å². The molecule has 2 N–H and O–H groups in total. The van der Waals surface area contributed by atoms with Crippen LogP contribution in [0.2, 0.25) is 0 Å². The molecule has 150 valence electrons. The first-order chi connectivity index (χ1) is 13.7. The largest absolute Gasteiger partial charge is 0.475 e. The molecule has 3 rings (SSSR count). The molecule has 0 amide bonds. The van der Waals surface area contributed by atoms with Gasteiger partial charge in [-0.05, 0) is 30.5 Å². The van der Waals surface area contributed by atoms with Crippen molar-refractivity contribution in [2.24, 2.45) is 4.99 Å². The normalized spacial score (nSPS) is 15.2. The zero-order valence-electron chi connectivity index (χ0n) is 16.4. The van der Waals surface area contributed by atoms with E-state index in [-0.39, 0.29) is 11.2 Å². The van der Waals surface area contributed by atoms with Crippen LogP contribution in [0.1, 0.15) is 24.0 Å². The predicted molar refractivity (Wildman–Crippen MR) is 107 cm³/mol. The maximum Gasteiger partial charge on any atom is 0.218 e. The molecule has 0 spiro atoms. The standard InChI is InChI=1S/C21H27FN4O2/c1-23-20(25-14-16-6-5-11-24-19(16)28-13-12-27-2)26-15-21(9-10-21)17-7-3-4-8-18(17)22/h3-8,11H,9-10,12-15H2,1-2H3,(H2,23,25,26). The van der Waals surface area contributed by atoms with Crippen molar-refractivity contribution in [3.05, 3.63) is 59.5 Å².